The fraction of sp³-hybridized carbons (Fsp3) is 0.300. The molecule has 0 unspecified atom stereocenters. The number of anilines is 1. The van der Waals surface area contributed by atoms with Gasteiger partial charge < -0.3 is 5.73 Å². The van der Waals surface area contributed by atoms with Crippen LogP contribution < -0.4 is 5.73 Å². The lowest BCUT2D eigenvalue weighted by atomic mass is 10.2. The average molecular weight is 238 g/mol. The van der Waals surface area contributed by atoms with Crippen LogP contribution in [0, 0.1) is 0 Å². The lowest BCUT2D eigenvalue weighted by molar-refractivity contribution is 0.776. The van der Waals surface area contributed by atoms with Crippen molar-refractivity contribution >= 4 is 17.3 Å². The van der Waals surface area contributed by atoms with Gasteiger partial charge in [-0.2, -0.15) is 0 Å². The summed E-state index contributed by atoms with van der Waals surface area (Å²) in [6.45, 7) is 4.11. The Hall–Kier alpha value is -1.62. The Morgan fingerprint density at radius 3 is 2.81 bits per heavy atom. The third-order valence-electron chi connectivity index (χ3n) is 2.27. The topological polar surface area (TPSA) is 69.6 Å². The molecule has 6 heteroatoms. The van der Waals surface area contributed by atoms with Crippen molar-refractivity contribution in [1.29, 1.82) is 0 Å². The van der Waals surface area contributed by atoms with Crippen LogP contribution in [0.5, 0.6) is 0 Å². The quantitative estimate of drug-likeness (QED) is 0.812. The van der Waals surface area contributed by atoms with Gasteiger partial charge in [0.05, 0.1) is 23.3 Å². The van der Waals surface area contributed by atoms with E-state index < -0.39 is 0 Å². The van der Waals surface area contributed by atoms with Crippen LogP contribution >= 0.6 is 11.6 Å². The number of nitrogens with two attached hydrogens (primary N) is 1. The smallest absolute Gasteiger partial charge is 0.154 e. The van der Waals surface area contributed by atoms with Gasteiger partial charge in [0, 0.05) is 6.20 Å². The highest BCUT2D eigenvalue weighted by Gasteiger charge is 2.10. The van der Waals surface area contributed by atoms with Crippen molar-refractivity contribution in [2.24, 2.45) is 0 Å². The van der Waals surface area contributed by atoms with E-state index in [1.807, 2.05) is 6.20 Å². The van der Waals surface area contributed by atoms with Crippen LogP contribution in [-0.4, -0.2) is 20.0 Å². The summed E-state index contributed by atoms with van der Waals surface area (Å²) in [6.07, 6.45) is 3.43. The Bertz CT molecular complexity index is 506. The summed E-state index contributed by atoms with van der Waals surface area (Å²) in [5.74, 6) is 0.326. The molecule has 0 spiro atoms. The second kappa shape index (κ2) is 4.09. The maximum Gasteiger partial charge on any atom is 0.154 e. The van der Waals surface area contributed by atoms with E-state index in [4.69, 9.17) is 17.3 Å². The number of pyridine rings is 1. The molecule has 0 saturated carbocycles. The zero-order valence-electron chi connectivity index (χ0n) is 9.05. The van der Waals surface area contributed by atoms with Crippen LogP contribution in [0.1, 0.15) is 25.5 Å². The fourth-order valence-corrected chi connectivity index (χ4v) is 1.45. The Morgan fingerprint density at radius 2 is 2.19 bits per heavy atom. The highest BCUT2D eigenvalue weighted by molar-refractivity contribution is 6.32. The molecule has 2 heterocycles. The molecule has 0 amide bonds. The van der Waals surface area contributed by atoms with E-state index in [-0.39, 0.29) is 5.15 Å². The van der Waals surface area contributed by atoms with Gasteiger partial charge in [0.2, 0.25) is 0 Å². The first kappa shape index (κ1) is 10.9. The van der Waals surface area contributed by atoms with Gasteiger partial charge >= 0.3 is 0 Å². The fourth-order valence-electron chi connectivity index (χ4n) is 1.30. The number of halogens is 1. The predicted octanol–water partition coefficient (Wildman–Crippen LogP) is 2.02. The number of nitrogen functional groups attached to an aromatic ring is 1. The number of hydrogen-bond donors (Lipinski definition) is 1. The predicted molar refractivity (Wildman–Crippen MR) is 62.7 cm³/mol. The summed E-state index contributed by atoms with van der Waals surface area (Å²) in [5, 5.41) is 8.34. The summed E-state index contributed by atoms with van der Waals surface area (Å²) < 4.78 is 1.61. The van der Waals surface area contributed by atoms with Gasteiger partial charge in [0.25, 0.3) is 0 Å². The minimum absolute atomic E-state index is 0.277. The highest BCUT2D eigenvalue weighted by atomic mass is 35.5. The molecule has 2 aromatic heterocycles. The van der Waals surface area contributed by atoms with Gasteiger partial charge in [0.1, 0.15) is 0 Å². The summed E-state index contributed by atoms with van der Waals surface area (Å²) in [5.41, 5.74) is 7.83. The molecular formula is C10H12ClN5. The third-order valence-corrected chi connectivity index (χ3v) is 2.57. The van der Waals surface area contributed by atoms with Crippen LogP contribution in [0.15, 0.2) is 18.5 Å². The second-order valence-electron chi connectivity index (χ2n) is 3.78. The van der Waals surface area contributed by atoms with E-state index in [0.717, 1.165) is 5.69 Å². The Labute approximate surface area is 98.2 Å². The summed E-state index contributed by atoms with van der Waals surface area (Å²) in [6, 6.07) is 1.75. The molecule has 0 radical (unpaired) electrons. The minimum atomic E-state index is 0.277. The highest BCUT2D eigenvalue weighted by Crippen LogP contribution is 2.23. The van der Waals surface area contributed by atoms with E-state index in [1.165, 1.54) is 0 Å². The molecule has 0 aromatic carbocycles. The average Bonchev–Trinajstić information content (AvgIpc) is 2.71. The van der Waals surface area contributed by atoms with Crippen molar-refractivity contribution in [3.8, 4) is 5.69 Å². The van der Waals surface area contributed by atoms with Crippen LogP contribution in [0.3, 0.4) is 0 Å². The molecule has 0 aliphatic heterocycles. The van der Waals surface area contributed by atoms with Crippen LogP contribution in [0.4, 0.5) is 5.69 Å². The molecule has 0 aliphatic rings. The zero-order chi connectivity index (χ0) is 11.7. The molecule has 0 fully saturated rings. The molecule has 84 valence electrons. The Morgan fingerprint density at radius 1 is 1.44 bits per heavy atom. The molecule has 16 heavy (non-hydrogen) atoms. The van der Waals surface area contributed by atoms with Gasteiger partial charge in [-0.15, -0.1) is 5.10 Å². The van der Waals surface area contributed by atoms with Crippen molar-refractivity contribution in [2.45, 2.75) is 19.8 Å². The molecule has 0 bridgehead atoms. The third kappa shape index (κ3) is 1.86. The molecule has 0 atom stereocenters. The molecule has 2 rings (SSSR count). The number of nitrogens with zero attached hydrogens (tertiary/aromatic N) is 4. The first-order chi connectivity index (χ1) is 7.59. The number of hydrogen-bond acceptors (Lipinski definition) is 4. The summed E-state index contributed by atoms with van der Waals surface area (Å²) in [4.78, 5) is 3.89. The molecule has 0 aliphatic carbocycles. The van der Waals surface area contributed by atoms with Crippen molar-refractivity contribution in [1.82, 2.24) is 20.0 Å². The van der Waals surface area contributed by atoms with Gasteiger partial charge in [-0.1, -0.05) is 30.7 Å². The maximum atomic E-state index is 5.84. The van der Waals surface area contributed by atoms with Crippen molar-refractivity contribution in [2.75, 3.05) is 5.73 Å². The Kier molecular flexibility index (Phi) is 2.78. The minimum Gasteiger partial charge on any atom is -0.394 e. The maximum absolute atomic E-state index is 5.84. The van der Waals surface area contributed by atoms with Gasteiger partial charge in [0.15, 0.2) is 5.15 Å². The van der Waals surface area contributed by atoms with E-state index in [2.05, 4.69) is 29.1 Å². The summed E-state index contributed by atoms with van der Waals surface area (Å²) in [7, 11) is 0. The van der Waals surface area contributed by atoms with E-state index in [1.54, 1.807) is 16.9 Å². The van der Waals surface area contributed by atoms with Crippen LogP contribution in [-0.2, 0) is 0 Å². The number of aromatic nitrogens is 4. The Balaban J connectivity index is 2.47. The van der Waals surface area contributed by atoms with Crippen molar-refractivity contribution < 1.29 is 0 Å². The van der Waals surface area contributed by atoms with E-state index >= 15 is 0 Å². The van der Waals surface area contributed by atoms with Crippen molar-refractivity contribution in [3.63, 3.8) is 0 Å². The van der Waals surface area contributed by atoms with Gasteiger partial charge in [-0.25, -0.2) is 9.67 Å². The SMILES string of the molecule is CC(C)c1cn(-c2ccnc(Cl)c2N)nn1. The summed E-state index contributed by atoms with van der Waals surface area (Å²) >= 11 is 5.84. The van der Waals surface area contributed by atoms with Crippen LogP contribution in [0.25, 0.3) is 5.69 Å². The first-order valence-electron chi connectivity index (χ1n) is 4.92. The number of rotatable bonds is 2. The lowest BCUT2D eigenvalue weighted by Gasteiger charge is -2.04. The molecule has 0 saturated heterocycles. The van der Waals surface area contributed by atoms with E-state index in [0.29, 0.717) is 17.3 Å². The first-order valence-corrected chi connectivity index (χ1v) is 5.30. The largest absolute Gasteiger partial charge is 0.394 e. The van der Waals surface area contributed by atoms with Crippen molar-refractivity contribution in [3.05, 3.63) is 29.3 Å². The molecule has 2 aromatic rings. The van der Waals surface area contributed by atoms with Gasteiger partial charge in [-0.05, 0) is 12.0 Å². The standard InChI is InChI=1S/C10H12ClN5/c1-6(2)7-5-16(15-14-7)8-3-4-13-10(11)9(8)12/h3-6H,12H2,1-2H3. The molecule has 2 N–H and O–H groups in total. The van der Waals surface area contributed by atoms with E-state index in [9.17, 15) is 0 Å². The molecule has 5 nitrogen and oxygen atoms in total. The second-order valence-corrected chi connectivity index (χ2v) is 4.14. The lowest BCUT2D eigenvalue weighted by Crippen LogP contribution is -2.01. The zero-order valence-corrected chi connectivity index (χ0v) is 9.81. The monoisotopic (exact) mass is 237 g/mol. The normalized spacial score (nSPS) is 11.0. The molecular weight excluding hydrogens is 226 g/mol. The van der Waals surface area contributed by atoms with Gasteiger partial charge in [-0.3, -0.25) is 0 Å². The van der Waals surface area contributed by atoms with Crippen LogP contribution in [0.2, 0.25) is 5.15 Å².